The van der Waals surface area contributed by atoms with Gasteiger partial charge in [-0.25, -0.2) is 9.78 Å². The molecule has 0 unspecified atom stereocenters. The Hall–Kier alpha value is -4.40. The van der Waals surface area contributed by atoms with Crippen LogP contribution >= 0.6 is 11.6 Å². The molecule has 1 N–H and O–H groups in total. The lowest BCUT2D eigenvalue weighted by Gasteiger charge is -2.44. The number of hydrogen-bond acceptors (Lipinski definition) is 7. The van der Waals surface area contributed by atoms with Crippen LogP contribution in [0.1, 0.15) is 77.0 Å². The first-order valence-electron chi connectivity index (χ1n) is 17.9. The quantitative estimate of drug-likeness (QED) is 0.215. The van der Waals surface area contributed by atoms with Crippen LogP contribution in [0.3, 0.4) is 0 Å². The standard InChI is InChI=1S/C39H45ClF3N5O6/c1-36(2,3)54-35(51)47-22-37(4,5)53-21-30(47)26-11-13-27(14-12-26)48-31(40)19-28-33(48)44-24-46(34(28)50)23-38(52)15-17-45(18-16-38)32(49)20-29(39(41,42)43)25-9-7-6-8-10-25/h6-14,19,24,29-30,52H,15-18,20-23H2,1-5H3/t29-,30+/m1/s1. The number of carbonyl (C=O) groups excluding carboxylic acids is 2. The van der Waals surface area contributed by atoms with Gasteiger partial charge in [0.15, 0.2) is 5.65 Å². The normalized spacial score (nSPS) is 19.5. The zero-order valence-electron chi connectivity index (χ0n) is 30.9. The summed E-state index contributed by atoms with van der Waals surface area (Å²) in [7, 11) is 0. The van der Waals surface area contributed by atoms with Crippen LogP contribution in [0, 0.1) is 0 Å². The van der Waals surface area contributed by atoms with Gasteiger partial charge in [-0.3, -0.25) is 23.6 Å². The molecule has 2 aromatic carbocycles. The third-order valence-electron chi connectivity index (χ3n) is 9.95. The molecule has 290 valence electrons. The highest BCUT2D eigenvalue weighted by molar-refractivity contribution is 6.31. The maximum absolute atomic E-state index is 13.9. The molecule has 2 amide bonds. The number of aliphatic hydroxyl groups is 1. The van der Waals surface area contributed by atoms with Gasteiger partial charge in [0, 0.05) is 25.2 Å². The summed E-state index contributed by atoms with van der Waals surface area (Å²) in [6.07, 6.45) is -4.31. The Kier molecular flexibility index (Phi) is 10.7. The Morgan fingerprint density at radius 2 is 1.70 bits per heavy atom. The van der Waals surface area contributed by atoms with Gasteiger partial charge < -0.3 is 19.5 Å². The maximum Gasteiger partial charge on any atom is 0.410 e. The number of amides is 2. The lowest BCUT2D eigenvalue weighted by atomic mass is 9.89. The van der Waals surface area contributed by atoms with E-state index in [1.54, 1.807) is 15.5 Å². The highest BCUT2D eigenvalue weighted by Crippen LogP contribution is 2.39. The van der Waals surface area contributed by atoms with Crippen molar-refractivity contribution in [1.82, 2.24) is 23.9 Å². The predicted octanol–water partition coefficient (Wildman–Crippen LogP) is 7.02. The number of rotatable bonds is 7. The SMILES string of the molecule is CC(C)(C)OC(=O)N1CC(C)(C)OC[C@H]1c1ccc(-n2c(Cl)cc3c(=O)n(CC4(O)CCN(C(=O)C[C@H](c5ccccc5)C(F)(F)F)CC4)cnc32)cc1. The molecule has 4 heterocycles. The van der Waals surface area contributed by atoms with Crippen LogP contribution in [0.4, 0.5) is 18.0 Å². The zero-order valence-corrected chi connectivity index (χ0v) is 31.7. The summed E-state index contributed by atoms with van der Waals surface area (Å²) in [6.45, 7) is 9.85. The number of nitrogens with zero attached hydrogens (tertiary/aromatic N) is 5. The lowest BCUT2D eigenvalue weighted by molar-refractivity contribution is -0.162. The summed E-state index contributed by atoms with van der Waals surface area (Å²) in [5, 5.41) is 11.9. The van der Waals surface area contributed by atoms with E-state index >= 15 is 0 Å². The van der Waals surface area contributed by atoms with Crippen LogP contribution < -0.4 is 5.56 Å². The molecule has 2 fully saturated rings. The molecule has 2 aromatic heterocycles. The van der Waals surface area contributed by atoms with E-state index in [0.717, 1.165) is 5.56 Å². The third-order valence-corrected chi connectivity index (χ3v) is 10.2. The number of fused-ring (bicyclic) bond motifs is 1. The van der Waals surface area contributed by atoms with Crippen LogP contribution in [0.15, 0.2) is 71.8 Å². The fourth-order valence-electron chi connectivity index (χ4n) is 7.10. The molecule has 0 bridgehead atoms. The number of halogens is 4. The minimum absolute atomic E-state index is 0.0189. The van der Waals surface area contributed by atoms with Crippen molar-refractivity contribution in [1.29, 1.82) is 0 Å². The van der Waals surface area contributed by atoms with Crippen LogP contribution in [0.2, 0.25) is 5.15 Å². The van der Waals surface area contributed by atoms with E-state index in [1.165, 1.54) is 46.1 Å². The average molecular weight is 772 g/mol. The van der Waals surface area contributed by atoms with E-state index < -0.39 is 58.9 Å². The van der Waals surface area contributed by atoms with Crippen LogP contribution in [0.25, 0.3) is 16.7 Å². The minimum atomic E-state index is -4.60. The van der Waals surface area contributed by atoms with Gasteiger partial charge in [0.25, 0.3) is 5.56 Å². The second-order valence-electron chi connectivity index (χ2n) is 15.8. The monoisotopic (exact) mass is 771 g/mol. The molecule has 0 radical (unpaired) electrons. The fraction of sp³-hybridized carbons (Fsp3) is 0.487. The number of alkyl halides is 3. The highest BCUT2D eigenvalue weighted by atomic mass is 35.5. The largest absolute Gasteiger partial charge is 0.444 e. The summed E-state index contributed by atoms with van der Waals surface area (Å²) in [6, 6.07) is 15.8. The summed E-state index contributed by atoms with van der Waals surface area (Å²) >= 11 is 6.67. The van der Waals surface area contributed by atoms with E-state index in [0.29, 0.717) is 17.9 Å². The van der Waals surface area contributed by atoms with Gasteiger partial charge in [0.05, 0.1) is 48.2 Å². The van der Waals surface area contributed by atoms with E-state index in [4.69, 9.17) is 21.1 Å². The van der Waals surface area contributed by atoms with Gasteiger partial charge in [0.2, 0.25) is 5.91 Å². The molecule has 0 spiro atoms. The number of piperidine rings is 1. The Bertz CT molecular complexity index is 2050. The van der Waals surface area contributed by atoms with Crippen molar-refractivity contribution >= 4 is 34.6 Å². The molecule has 6 rings (SSSR count). The third kappa shape index (κ3) is 8.61. The Morgan fingerprint density at radius 1 is 1.06 bits per heavy atom. The van der Waals surface area contributed by atoms with Crippen molar-refractivity contribution < 1.29 is 37.3 Å². The Morgan fingerprint density at radius 3 is 2.31 bits per heavy atom. The molecule has 2 atom stereocenters. The summed E-state index contributed by atoms with van der Waals surface area (Å²) in [5.74, 6) is -2.59. The highest BCUT2D eigenvalue weighted by Gasteiger charge is 2.44. The van der Waals surface area contributed by atoms with Crippen molar-refractivity contribution in [2.75, 3.05) is 26.2 Å². The number of benzene rings is 2. The molecule has 15 heteroatoms. The van der Waals surface area contributed by atoms with Crippen LogP contribution in [-0.2, 0) is 20.8 Å². The van der Waals surface area contributed by atoms with E-state index in [1.807, 2.05) is 58.9 Å². The van der Waals surface area contributed by atoms with Crippen molar-refractivity contribution in [3.63, 3.8) is 0 Å². The van der Waals surface area contributed by atoms with Crippen molar-refractivity contribution in [2.24, 2.45) is 0 Å². The number of morpholine rings is 1. The number of aromatic nitrogens is 3. The van der Waals surface area contributed by atoms with Gasteiger partial charge in [0.1, 0.15) is 17.1 Å². The first-order valence-corrected chi connectivity index (χ1v) is 18.2. The van der Waals surface area contributed by atoms with Gasteiger partial charge in [-0.15, -0.1) is 0 Å². The molecule has 4 aromatic rings. The van der Waals surface area contributed by atoms with Crippen molar-refractivity contribution in [3.05, 3.63) is 93.6 Å². The molecule has 11 nitrogen and oxygen atoms in total. The van der Waals surface area contributed by atoms with Gasteiger partial charge >= 0.3 is 12.3 Å². The molecule has 0 saturated carbocycles. The molecule has 2 aliphatic heterocycles. The van der Waals surface area contributed by atoms with Crippen LogP contribution in [0.5, 0.6) is 0 Å². The minimum Gasteiger partial charge on any atom is -0.444 e. The zero-order chi connectivity index (χ0) is 39.2. The van der Waals surface area contributed by atoms with Crippen molar-refractivity contribution in [2.45, 2.75) is 95.4 Å². The summed E-state index contributed by atoms with van der Waals surface area (Å²) in [5.41, 5.74) is -1.29. The number of hydrogen-bond donors (Lipinski definition) is 1. The van der Waals surface area contributed by atoms with E-state index in [2.05, 4.69) is 4.98 Å². The second-order valence-corrected chi connectivity index (χ2v) is 16.2. The first kappa shape index (κ1) is 39.3. The number of likely N-dealkylation sites (tertiary alicyclic amines) is 1. The predicted molar refractivity (Wildman–Crippen MR) is 197 cm³/mol. The topological polar surface area (TPSA) is 119 Å². The molecule has 2 aliphatic rings. The fourth-order valence-corrected chi connectivity index (χ4v) is 7.38. The smallest absolute Gasteiger partial charge is 0.410 e. The molecule has 2 saturated heterocycles. The average Bonchev–Trinajstić information content (AvgIpc) is 3.44. The van der Waals surface area contributed by atoms with E-state index in [9.17, 15) is 32.7 Å². The molecular formula is C39H45ClF3N5O6. The van der Waals surface area contributed by atoms with Gasteiger partial charge in [-0.2, -0.15) is 13.2 Å². The molecule has 0 aliphatic carbocycles. The van der Waals surface area contributed by atoms with Gasteiger partial charge in [-0.05, 0) is 76.8 Å². The number of ether oxygens (including phenoxy) is 2. The number of carbonyl (C=O) groups is 2. The first-order chi connectivity index (χ1) is 25.2. The summed E-state index contributed by atoms with van der Waals surface area (Å²) < 4.78 is 56.3. The maximum atomic E-state index is 13.9. The lowest BCUT2D eigenvalue weighted by Crippen LogP contribution is -2.53. The summed E-state index contributed by atoms with van der Waals surface area (Å²) in [4.78, 5) is 47.4. The molecular weight excluding hydrogens is 727 g/mol. The van der Waals surface area contributed by atoms with Gasteiger partial charge in [-0.1, -0.05) is 54.1 Å². The van der Waals surface area contributed by atoms with Crippen molar-refractivity contribution in [3.8, 4) is 5.69 Å². The Balaban J connectivity index is 1.15. The second kappa shape index (κ2) is 14.7. The van der Waals surface area contributed by atoms with Crippen LogP contribution in [-0.4, -0.2) is 90.2 Å². The Labute approximate surface area is 316 Å². The molecule has 54 heavy (non-hydrogen) atoms. The van der Waals surface area contributed by atoms with E-state index in [-0.39, 0.29) is 55.2 Å².